The van der Waals surface area contributed by atoms with Gasteiger partial charge in [-0.2, -0.15) is 0 Å². The van der Waals surface area contributed by atoms with E-state index in [0.717, 1.165) is 12.0 Å². The Morgan fingerprint density at radius 3 is 2.20 bits per heavy atom. The summed E-state index contributed by atoms with van der Waals surface area (Å²) < 4.78 is 13.9. The molecule has 0 heterocycles. The SMILES string of the molecule is CCC(C)c1ccc(C(Cl)c2ccc(Cl)cc2F)cc1. The topological polar surface area (TPSA) is 0 Å². The van der Waals surface area contributed by atoms with E-state index in [1.54, 1.807) is 12.1 Å². The summed E-state index contributed by atoms with van der Waals surface area (Å²) in [5.41, 5.74) is 2.61. The lowest BCUT2D eigenvalue weighted by atomic mass is 9.96. The van der Waals surface area contributed by atoms with E-state index >= 15 is 0 Å². The number of benzene rings is 2. The first-order chi connectivity index (χ1) is 9.52. The summed E-state index contributed by atoms with van der Waals surface area (Å²) in [6.07, 6.45) is 1.09. The van der Waals surface area contributed by atoms with Gasteiger partial charge >= 0.3 is 0 Å². The van der Waals surface area contributed by atoms with Crippen LogP contribution in [0.15, 0.2) is 42.5 Å². The second-order valence-corrected chi connectivity index (χ2v) is 5.88. The van der Waals surface area contributed by atoms with Crippen molar-refractivity contribution in [2.75, 3.05) is 0 Å². The van der Waals surface area contributed by atoms with Crippen molar-refractivity contribution in [3.8, 4) is 0 Å². The van der Waals surface area contributed by atoms with E-state index in [9.17, 15) is 4.39 Å². The van der Waals surface area contributed by atoms with Crippen molar-refractivity contribution in [3.63, 3.8) is 0 Å². The average Bonchev–Trinajstić information content (AvgIpc) is 2.46. The van der Waals surface area contributed by atoms with Crippen LogP contribution in [0.3, 0.4) is 0 Å². The van der Waals surface area contributed by atoms with Crippen LogP contribution >= 0.6 is 23.2 Å². The highest BCUT2D eigenvalue weighted by Gasteiger charge is 2.16. The molecule has 2 unspecified atom stereocenters. The predicted octanol–water partition coefficient (Wildman–Crippen LogP) is 6.32. The van der Waals surface area contributed by atoms with E-state index < -0.39 is 5.38 Å². The van der Waals surface area contributed by atoms with Gasteiger partial charge in [0.1, 0.15) is 5.82 Å². The summed E-state index contributed by atoms with van der Waals surface area (Å²) in [6.45, 7) is 4.35. The van der Waals surface area contributed by atoms with Crippen LogP contribution < -0.4 is 0 Å². The van der Waals surface area contributed by atoms with Gasteiger partial charge in [0.2, 0.25) is 0 Å². The second-order valence-electron chi connectivity index (χ2n) is 5.00. The Kier molecular flexibility index (Phi) is 5.06. The third-order valence-electron chi connectivity index (χ3n) is 3.65. The lowest BCUT2D eigenvalue weighted by Crippen LogP contribution is -1.98. The van der Waals surface area contributed by atoms with Crippen LogP contribution in [0.5, 0.6) is 0 Å². The van der Waals surface area contributed by atoms with Crippen LogP contribution in [0.1, 0.15) is 48.3 Å². The van der Waals surface area contributed by atoms with E-state index in [1.165, 1.54) is 11.6 Å². The summed E-state index contributed by atoms with van der Waals surface area (Å²) in [6, 6.07) is 12.6. The van der Waals surface area contributed by atoms with Crippen LogP contribution in [0.4, 0.5) is 4.39 Å². The van der Waals surface area contributed by atoms with Gasteiger partial charge in [-0.25, -0.2) is 4.39 Å². The number of rotatable bonds is 4. The van der Waals surface area contributed by atoms with Crippen molar-refractivity contribution in [1.82, 2.24) is 0 Å². The minimum absolute atomic E-state index is 0.372. The molecule has 2 aromatic carbocycles. The fraction of sp³-hybridized carbons (Fsp3) is 0.294. The zero-order valence-corrected chi connectivity index (χ0v) is 13.0. The first-order valence-corrected chi connectivity index (χ1v) is 7.53. The Morgan fingerprint density at radius 2 is 1.65 bits per heavy atom. The highest BCUT2D eigenvalue weighted by molar-refractivity contribution is 6.30. The quantitative estimate of drug-likeness (QED) is 0.579. The Morgan fingerprint density at radius 1 is 1.05 bits per heavy atom. The van der Waals surface area contributed by atoms with Gasteiger partial charge in [-0.05, 0) is 35.6 Å². The summed E-state index contributed by atoms with van der Waals surface area (Å²) in [7, 11) is 0. The second kappa shape index (κ2) is 6.60. The van der Waals surface area contributed by atoms with Crippen LogP contribution in [0.2, 0.25) is 5.02 Å². The summed E-state index contributed by atoms with van der Waals surface area (Å²) in [5.74, 6) is 0.147. The molecule has 0 fully saturated rings. The maximum Gasteiger partial charge on any atom is 0.129 e. The lowest BCUT2D eigenvalue weighted by Gasteiger charge is -2.14. The van der Waals surface area contributed by atoms with E-state index in [0.29, 0.717) is 16.5 Å². The maximum atomic E-state index is 13.9. The molecule has 0 aliphatic rings. The van der Waals surface area contributed by atoms with Crippen LogP contribution in [0.25, 0.3) is 0 Å². The lowest BCUT2D eigenvalue weighted by molar-refractivity contribution is 0.612. The molecule has 0 saturated carbocycles. The molecule has 0 aromatic heterocycles. The molecular formula is C17H17Cl2F. The number of hydrogen-bond donors (Lipinski definition) is 0. The predicted molar refractivity (Wildman–Crippen MR) is 84.3 cm³/mol. The minimum atomic E-state index is -0.502. The van der Waals surface area contributed by atoms with Crippen molar-refractivity contribution in [2.45, 2.75) is 31.6 Å². The van der Waals surface area contributed by atoms with Gasteiger partial charge < -0.3 is 0 Å². The first-order valence-electron chi connectivity index (χ1n) is 6.71. The monoisotopic (exact) mass is 310 g/mol. The van der Waals surface area contributed by atoms with E-state index in [4.69, 9.17) is 23.2 Å². The third-order valence-corrected chi connectivity index (χ3v) is 4.37. The van der Waals surface area contributed by atoms with E-state index in [2.05, 4.69) is 26.0 Å². The first kappa shape index (κ1) is 15.3. The standard InChI is InChI=1S/C17H17Cl2F/c1-3-11(2)12-4-6-13(7-5-12)17(19)15-9-8-14(18)10-16(15)20/h4-11,17H,3H2,1-2H3. The van der Waals surface area contributed by atoms with Gasteiger partial charge in [0.25, 0.3) is 0 Å². The van der Waals surface area contributed by atoms with Crippen molar-refractivity contribution in [2.24, 2.45) is 0 Å². The normalized spacial score (nSPS) is 14.1. The highest BCUT2D eigenvalue weighted by Crippen LogP contribution is 2.32. The Balaban J connectivity index is 2.26. The van der Waals surface area contributed by atoms with Crippen molar-refractivity contribution >= 4 is 23.2 Å². The molecule has 106 valence electrons. The zero-order chi connectivity index (χ0) is 14.7. The average molecular weight is 311 g/mol. The highest BCUT2D eigenvalue weighted by atomic mass is 35.5. The molecule has 0 aliphatic heterocycles. The molecule has 0 radical (unpaired) electrons. The van der Waals surface area contributed by atoms with Crippen LogP contribution in [-0.4, -0.2) is 0 Å². The molecule has 2 rings (SSSR count). The number of alkyl halides is 1. The van der Waals surface area contributed by atoms with Gasteiger partial charge in [-0.1, -0.05) is 55.8 Å². The van der Waals surface area contributed by atoms with Crippen LogP contribution in [-0.2, 0) is 0 Å². The van der Waals surface area contributed by atoms with Crippen molar-refractivity contribution in [3.05, 3.63) is 70.0 Å². The molecule has 0 aliphatic carbocycles. The molecule has 20 heavy (non-hydrogen) atoms. The van der Waals surface area contributed by atoms with E-state index in [-0.39, 0.29) is 5.82 Å². The molecule has 2 atom stereocenters. The molecule has 3 heteroatoms. The molecule has 0 nitrogen and oxygen atoms in total. The number of hydrogen-bond acceptors (Lipinski definition) is 0. The Bertz CT molecular complexity index is 578. The largest absolute Gasteiger partial charge is 0.207 e. The Hall–Kier alpha value is -1.05. The molecule has 0 saturated heterocycles. The number of halogens is 3. The van der Waals surface area contributed by atoms with Gasteiger partial charge in [0.05, 0.1) is 5.38 Å². The van der Waals surface area contributed by atoms with Crippen molar-refractivity contribution < 1.29 is 4.39 Å². The van der Waals surface area contributed by atoms with Crippen LogP contribution in [0, 0.1) is 5.82 Å². The molecule has 0 amide bonds. The van der Waals surface area contributed by atoms with Gasteiger partial charge in [0, 0.05) is 10.6 Å². The summed E-state index contributed by atoms with van der Waals surface area (Å²) in [4.78, 5) is 0. The van der Waals surface area contributed by atoms with Crippen molar-refractivity contribution in [1.29, 1.82) is 0 Å². The fourth-order valence-electron chi connectivity index (χ4n) is 2.12. The fourth-order valence-corrected chi connectivity index (χ4v) is 2.60. The summed E-state index contributed by atoms with van der Waals surface area (Å²) in [5, 5.41) is -0.125. The minimum Gasteiger partial charge on any atom is -0.207 e. The third kappa shape index (κ3) is 3.34. The smallest absolute Gasteiger partial charge is 0.129 e. The molecular weight excluding hydrogens is 294 g/mol. The molecule has 0 spiro atoms. The summed E-state index contributed by atoms with van der Waals surface area (Å²) >= 11 is 12.1. The molecule has 2 aromatic rings. The van der Waals surface area contributed by atoms with Gasteiger partial charge in [0.15, 0.2) is 0 Å². The van der Waals surface area contributed by atoms with E-state index in [1.807, 2.05) is 12.1 Å². The molecule has 0 bridgehead atoms. The maximum absolute atomic E-state index is 13.9. The van der Waals surface area contributed by atoms with Gasteiger partial charge in [-0.3, -0.25) is 0 Å². The zero-order valence-electron chi connectivity index (χ0n) is 11.5. The Labute approximate surface area is 129 Å². The van der Waals surface area contributed by atoms with Gasteiger partial charge in [-0.15, -0.1) is 11.6 Å². The molecule has 0 N–H and O–H groups in total.